The summed E-state index contributed by atoms with van der Waals surface area (Å²) in [5, 5.41) is 3.38. The molecule has 1 amide bonds. The Bertz CT molecular complexity index is 720. The Morgan fingerprint density at radius 3 is 2.50 bits per heavy atom. The molecule has 1 saturated heterocycles. The number of piperazine rings is 1. The Hall–Kier alpha value is -0.860. The van der Waals surface area contributed by atoms with Gasteiger partial charge in [0.1, 0.15) is 4.90 Å². The van der Waals surface area contributed by atoms with Gasteiger partial charge in [-0.15, -0.1) is 0 Å². The fraction of sp³-hybridized carbons (Fsp3) is 0.588. The minimum absolute atomic E-state index is 0.0182. The topological polar surface area (TPSA) is 69.7 Å². The van der Waals surface area contributed by atoms with E-state index in [0.717, 1.165) is 19.3 Å². The number of carbonyl (C=O) groups excluding carboxylic acids is 1. The van der Waals surface area contributed by atoms with Gasteiger partial charge in [0.2, 0.25) is 15.9 Å². The molecule has 1 N–H and O–H groups in total. The fourth-order valence-electron chi connectivity index (χ4n) is 2.80. The fourth-order valence-corrected chi connectivity index (χ4v) is 4.96. The van der Waals surface area contributed by atoms with Gasteiger partial charge in [0.15, 0.2) is 0 Å². The van der Waals surface area contributed by atoms with Gasteiger partial charge in [0, 0.05) is 37.7 Å². The Kier molecular flexibility index (Phi) is 8.16. The SMILES string of the molecule is CCCCCNC(=O)CN1CCN(S(=O)(=O)c2cc(Cl)ccc2Cl)CC1. The highest BCUT2D eigenvalue weighted by Gasteiger charge is 2.30. The highest BCUT2D eigenvalue weighted by molar-refractivity contribution is 7.89. The monoisotopic (exact) mass is 421 g/mol. The smallest absolute Gasteiger partial charge is 0.244 e. The molecular weight excluding hydrogens is 397 g/mol. The molecule has 2 rings (SSSR count). The van der Waals surface area contributed by atoms with Crippen molar-refractivity contribution in [3.05, 3.63) is 28.2 Å². The summed E-state index contributed by atoms with van der Waals surface area (Å²) in [6.07, 6.45) is 3.19. The molecule has 0 aliphatic carbocycles. The summed E-state index contributed by atoms with van der Waals surface area (Å²) in [4.78, 5) is 13.9. The molecule has 0 spiro atoms. The van der Waals surface area contributed by atoms with Gasteiger partial charge in [-0.05, 0) is 24.6 Å². The summed E-state index contributed by atoms with van der Waals surface area (Å²) in [6.45, 7) is 4.72. The Morgan fingerprint density at radius 1 is 1.15 bits per heavy atom. The number of hydrogen-bond donors (Lipinski definition) is 1. The molecule has 9 heteroatoms. The van der Waals surface area contributed by atoms with Crippen LogP contribution in [0.15, 0.2) is 23.1 Å². The number of amides is 1. The normalized spacial score (nSPS) is 16.6. The number of unbranched alkanes of at least 4 members (excludes halogenated alkanes) is 2. The van der Waals surface area contributed by atoms with Crippen molar-refractivity contribution >= 4 is 39.1 Å². The van der Waals surface area contributed by atoms with Crippen LogP contribution in [-0.4, -0.2) is 62.8 Å². The lowest BCUT2D eigenvalue weighted by Crippen LogP contribution is -2.51. The van der Waals surface area contributed by atoms with E-state index in [1.54, 1.807) is 6.07 Å². The van der Waals surface area contributed by atoms with E-state index in [1.807, 2.05) is 4.90 Å². The van der Waals surface area contributed by atoms with E-state index in [1.165, 1.54) is 16.4 Å². The van der Waals surface area contributed by atoms with Gasteiger partial charge >= 0.3 is 0 Å². The van der Waals surface area contributed by atoms with Gasteiger partial charge in [0.25, 0.3) is 0 Å². The quantitative estimate of drug-likeness (QED) is 0.654. The number of nitrogens with one attached hydrogen (secondary N) is 1. The summed E-state index contributed by atoms with van der Waals surface area (Å²) in [5.74, 6) is -0.0182. The lowest BCUT2D eigenvalue weighted by Gasteiger charge is -2.33. The van der Waals surface area contributed by atoms with Crippen molar-refractivity contribution in [2.75, 3.05) is 39.3 Å². The second kappa shape index (κ2) is 9.90. The summed E-state index contributed by atoms with van der Waals surface area (Å²) >= 11 is 11.9. The maximum Gasteiger partial charge on any atom is 0.244 e. The molecule has 0 bridgehead atoms. The number of rotatable bonds is 8. The van der Waals surface area contributed by atoms with E-state index in [2.05, 4.69) is 12.2 Å². The van der Waals surface area contributed by atoms with Crippen LogP contribution >= 0.6 is 23.2 Å². The van der Waals surface area contributed by atoms with Crippen LogP contribution in [0, 0.1) is 0 Å². The van der Waals surface area contributed by atoms with Crippen LogP contribution in [0.2, 0.25) is 10.0 Å². The molecular formula is C17H25Cl2N3O3S. The third-order valence-electron chi connectivity index (χ3n) is 4.31. The van der Waals surface area contributed by atoms with Crippen molar-refractivity contribution in [3.8, 4) is 0 Å². The van der Waals surface area contributed by atoms with E-state index >= 15 is 0 Å². The first-order valence-electron chi connectivity index (χ1n) is 8.79. The number of benzene rings is 1. The minimum atomic E-state index is -3.70. The van der Waals surface area contributed by atoms with E-state index < -0.39 is 10.0 Å². The van der Waals surface area contributed by atoms with Crippen molar-refractivity contribution in [1.29, 1.82) is 0 Å². The molecule has 0 radical (unpaired) electrons. The summed E-state index contributed by atoms with van der Waals surface area (Å²) in [7, 11) is -3.70. The maximum absolute atomic E-state index is 12.8. The average Bonchev–Trinajstić information content (AvgIpc) is 2.61. The molecule has 1 heterocycles. The first-order valence-corrected chi connectivity index (χ1v) is 11.0. The number of carbonyl (C=O) groups is 1. The molecule has 1 aliphatic heterocycles. The zero-order chi connectivity index (χ0) is 19.2. The molecule has 1 fully saturated rings. The first-order chi connectivity index (χ1) is 12.3. The van der Waals surface area contributed by atoms with E-state index in [-0.39, 0.29) is 22.4 Å². The third kappa shape index (κ3) is 5.82. The Balaban J connectivity index is 1.87. The molecule has 0 aromatic heterocycles. The summed E-state index contributed by atoms with van der Waals surface area (Å²) < 4.78 is 26.9. The standard InChI is InChI=1S/C17H25Cl2N3O3S/c1-2-3-4-7-20-17(23)13-21-8-10-22(11-9-21)26(24,25)16-12-14(18)5-6-15(16)19/h5-6,12H,2-4,7-11,13H2,1H3,(H,20,23). The first kappa shape index (κ1) is 21.4. The minimum Gasteiger partial charge on any atom is -0.355 e. The lowest BCUT2D eigenvalue weighted by molar-refractivity contribution is -0.122. The summed E-state index contributed by atoms with van der Waals surface area (Å²) in [5.41, 5.74) is 0. The van der Waals surface area contributed by atoms with Crippen LogP contribution in [0.5, 0.6) is 0 Å². The highest BCUT2D eigenvalue weighted by atomic mass is 35.5. The number of nitrogens with zero attached hydrogens (tertiary/aromatic N) is 2. The molecule has 26 heavy (non-hydrogen) atoms. The molecule has 0 saturated carbocycles. The van der Waals surface area contributed by atoms with Gasteiger partial charge in [-0.2, -0.15) is 4.31 Å². The van der Waals surface area contributed by atoms with Gasteiger partial charge in [-0.1, -0.05) is 43.0 Å². The zero-order valence-corrected chi connectivity index (χ0v) is 17.2. The maximum atomic E-state index is 12.8. The molecule has 0 atom stereocenters. The highest BCUT2D eigenvalue weighted by Crippen LogP contribution is 2.28. The zero-order valence-electron chi connectivity index (χ0n) is 14.9. The van der Waals surface area contributed by atoms with Gasteiger partial charge < -0.3 is 5.32 Å². The molecule has 0 unspecified atom stereocenters. The summed E-state index contributed by atoms with van der Waals surface area (Å²) in [6, 6.07) is 4.41. The second-order valence-electron chi connectivity index (χ2n) is 6.31. The second-order valence-corrected chi connectivity index (χ2v) is 9.06. The number of halogens is 2. The molecule has 1 aliphatic rings. The van der Waals surface area contributed by atoms with Crippen molar-refractivity contribution in [3.63, 3.8) is 0 Å². The predicted octanol–water partition coefficient (Wildman–Crippen LogP) is 2.61. The van der Waals surface area contributed by atoms with Crippen molar-refractivity contribution in [1.82, 2.24) is 14.5 Å². The predicted molar refractivity (Wildman–Crippen MR) is 104 cm³/mol. The molecule has 6 nitrogen and oxygen atoms in total. The Labute approximate surface area is 165 Å². The van der Waals surface area contributed by atoms with E-state index in [9.17, 15) is 13.2 Å². The van der Waals surface area contributed by atoms with E-state index in [4.69, 9.17) is 23.2 Å². The van der Waals surface area contributed by atoms with Crippen LogP contribution in [-0.2, 0) is 14.8 Å². The van der Waals surface area contributed by atoms with Gasteiger partial charge in [-0.3, -0.25) is 9.69 Å². The van der Waals surface area contributed by atoms with Crippen LogP contribution < -0.4 is 5.32 Å². The van der Waals surface area contributed by atoms with Crippen LogP contribution in [0.3, 0.4) is 0 Å². The molecule has 1 aromatic carbocycles. The van der Waals surface area contributed by atoms with Crippen LogP contribution in [0.1, 0.15) is 26.2 Å². The van der Waals surface area contributed by atoms with Crippen molar-refractivity contribution in [2.24, 2.45) is 0 Å². The number of hydrogen-bond acceptors (Lipinski definition) is 4. The van der Waals surface area contributed by atoms with Gasteiger partial charge in [-0.25, -0.2) is 8.42 Å². The lowest BCUT2D eigenvalue weighted by atomic mass is 10.2. The number of sulfonamides is 1. The Morgan fingerprint density at radius 2 is 1.85 bits per heavy atom. The molecule has 1 aromatic rings. The largest absolute Gasteiger partial charge is 0.355 e. The van der Waals surface area contributed by atoms with E-state index in [0.29, 0.717) is 37.7 Å². The van der Waals surface area contributed by atoms with Crippen LogP contribution in [0.25, 0.3) is 0 Å². The molecule has 146 valence electrons. The van der Waals surface area contributed by atoms with Crippen molar-refractivity contribution in [2.45, 2.75) is 31.1 Å². The average molecular weight is 422 g/mol. The van der Waals surface area contributed by atoms with Crippen LogP contribution in [0.4, 0.5) is 0 Å². The third-order valence-corrected chi connectivity index (χ3v) is 6.93. The van der Waals surface area contributed by atoms with Crippen molar-refractivity contribution < 1.29 is 13.2 Å². The van der Waals surface area contributed by atoms with Gasteiger partial charge in [0.05, 0.1) is 11.6 Å².